The van der Waals surface area contributed by atoms with Crippen molar-refractivity contribution in [3.63, 3.8) is 0 Å². The molecule has 2 aliphatic heterocycles. The second-order valence-electron chi connectivity index (χ2n) is 14.1. The number of fused-ring (bicyclic) bond motifs is 3. The van der Waals surface area contributed by atoms with Crippen LogP contribution in [-0.4, -0.2) is 69.6 Å². The van der Waals surface area contributed by atoms with Crippen LogP contribution in [0.5, 0.6) is 6.01 Å². The highest BCUT2D eigenvalue weighted by atomic mass is 79.9. The average molecular weight is 719 g/mol. The van der Waals surface area contributed by atoms with E-state index in [1.54, 1.807) is 11.8 Å². The zero-order valence-electron chi connectivity index (χ0n) is 26.9. The number of aromatic nitrogens is 2. The molecule has 2 aromatic rings. The third-order valence-electron chi connectivity index (χ3n) is 10.2. The number of carbonyl (C=O) groups is 3. The third-order valence-corrected chi connectivity index (χ3v) is 13.0. The molecule has 4 aliphatic rings. The number of halogens is 1. The summed E-state index contributed by atoms with van der Waals surface area (Å²) in [7, 11) is -3.90. The fraction of sp³-hybridized carbons (Fsp3) is 0.636. The van der Waals surface area contributed by atoms with Crippen LogP contribution in [0.2, 0.25) is 0 Å². The fourth-order valence-corrected chi connectivity index (χ4v) is 8.55. The molecule has 2 saturated carbocycles. The number of amides is 3. The van der Waals surface area contributed by atoms with Crippen molar-refractivity contribution in [2.45, 2.75) is 114 Å². The van der Waals surface area contributed by atoms with Crippen LogP contribution in [0.25, 0.3) is 11.0 Å². The van der Waals surface area contributed by atoms with Gasteiger partial charge >= 0.3 is 0 Å². The first-order valence-corrected chi connectivity index (χ1v) is 18.7. The van der Waals surface area contributed by atoms with Crippen LogP contribution in [0.1, 0.15) is 91.5 Å². The lowest BCUT2D eigenvalue weighted by Crippen LogP contribution is -2.57. The van der Waals surface area contributed by atoms with Gasteiger partial charge in [-0.25, -0.2) is 8.42 Å². The number of hydrogen-bond donors (Lipinski definition) is 2. The molecule has 2 N–H and O–H groups in total. The number of allylic oxidation sites excluding steroid dienone is 1. The van der Waals surface area contributed by atoms with Gasteiger partial charge in [0.15, 0.2) is 0 Å². The number of rotatable bonds is 6. The standard InChI is InChI=1S/C33H44BrN5O6S/c1-20(2)39-25-14-10-13-24(34)27(25)35-31(39)45-23-17-26-28(40)36-33(30(42)37-46(43,44)32(4)15-16-32)18-22(33)12-9-7-5-6-8-11-21(3)29(41)38(26)19-23/h9-10,12-14,20-23,26H,5-8,11,15-19H2,1-4H3,(H,36,40)(H,37,42)/b12-9-/t21-,22-,23+,26-,33+/m0/s1. The fourth-order valence-electron chi connectivity index (χ4n) is 6.79. The van der Waals surface area contributed by atoms with Crippen molar-refractivity contribution < 1.29 is 27.5 Å². The molecular weight excluding hydrogens is 674 g/mol. The minimum atomic E-state index is -3.90. The minimum absolute atomic E-state index is 0.0403. The lowest BCUT2D eigenvalue weighted by Gasteiger charge is -2.28. The highest BCUT2D eigenvalue weighted by Crippen LogP contribution is 2.47. The number of carbonyl (C=O) groups excluding carboxylic acids is 3. The number of nitrogens with zero attached hydrogens (tertiary/aromatic N) is 3. The molecule has 2 aliphatic carbocycles. The van der Waals surface area contributed by atoms with E-state index in [0.29, 0.717) is 25.3 Å². The summed E-state index contributed by atoms with van der Waals surface area (Å²) in [5.41, 5.74) is 0.270. The molecule has 0 bridgehead atoms. The smallest absolute Gasteiger partial charge is 0.297 e. The number of sulfonamides is 1. The van der Waals surface area contributed by atoms with Gasteiger partial charge in [-0.1, -0.05) is 38.0 Å². The zero-order chi connectivity index (χ0) is 33.0. The van der Waals surface area contributed by atoms with Gasteiger partial charge < -0.3 is 15.0 Å². The molecule has 0 spiro atoms. The molecule has 5 atom stereocenters. The molecule has 1 aromatic heterocycles. The van der Waals surface area contributed by atoms with Gasteiger partial charge in [0.25, 0.3) is 11.9 Å². The Morgan fingerprint density at radius 1 is 1.20 bits per heavy atom. The van der Waals surface area contributed by atoms with Gasteiger partial charge in [0.1, 0.15) is 23.2 Å². The molecule has 3 amide bonds. The zero-order valence-corrected chi connectivity index (χ0v) is 29.3. The third kappa shape index (κ3) is 6.09. The molecular formula is C33H44BrN5O6S. The van der Waals surface area contributed by atoms with Crippen molar-refractivity contribution in [3.05, 3.63) is 34.8 Å². The summed E-state index contributed by atoms with van der Waals surface area (Å²) in [5.74, 6) is -1.97. The summed E-state index contributed by atoms with van der Waals surface area (Å²) in [6.45, 7) is 7.80. The number of nitrogens with one attached hydrogen (secondary N) is 2. The molecule has 0 radical (unpaired) electrons. The lowest BCUT2D eigenvalue weighted by molar-refractivity contribution is -0.142. The molecule has 3 fully saturated rings. The van der Waals surface area contributed by atoms with E-state index >= 15 is 0 Å². The predicted octanol–water partition coefficient (Wildman–Crippen LogP) is 4.76. The van der Waals surface area contributed by atoms with E-state index in [1.165, 1.54) is 0 Å². The van der Waals surface area contributed by atoms with Crippen LogP contribution in [-0.2, 0) is 24.4 Å². The number of para-hydroxylation sites is 1. The number of hydrogen-bond acceptors (Lipinski definition) is 7. The quantitative estimate of drug-likeness (QED) is 0.411. The van der Waals surface area contributed by atoms with Crippen molar-refractivity contribution in [1.82, 2.24) is 24.5 Å². The second kappa shape index (κ2) is 12.3. The first kappa shape index (κ1) is 33.0. The van der Waals surface area contributed by atoms with Gasteiger partial charge in [0.2, 0.25) is 21.8 Å². The van der Waals surface area contributed by atoms with Crippen molar-refractivity contribution in [2.75, 3.05) is 6.54 Å². The largest absolute Gasteiger partial charge is 0.459 e. The lowest BCUT2D eigenvalue weighted by atomic mass is 10.0. The van der Waals surface area contributed by atoms with Crippen molar-refractivity contribution in [3.8, 4) is 6.01 Å². The first-order chi connectivity index (χ1) is 21.8. The Balaban J connectivity index is 1.29. The summed E-state index contributed by atoms with van der Waals surface area (Å²) in [6, 6.07) is 5.40. The van der Waals surface area contributed by atoms with E-state index in [9.17, 15) is 22.8 Å². The highest BCUT2D eigenvalue weighted by molar-refractivity contribution is 9.10. The van der Waals surface area contributed by atoms with Gasteiger partial charge in [-0.2, -0.15) is 4.98 Å². The maximum Gasteiger partial charge on any atom is 0.297 e. The topological polar surface area (TPSA) is 140 Å². The summed E-state index contributed by atoms with van der Waals surface area (Å²) in [6.07, 6.45) is 9.21. The van der Waals surface area contributed by atoms with Gasteiger partial charge in [0.05, 0.1) is 16.8 Å². The molecule has 13 heteroatoms. The van der Waals surface area contributed by atoms with Crippen molar-refractivity contribution >= 4 is 54.7 Å². The van der Waals surface area contributed by atoms with Crippen LogP contribution in [0, 0.1) is 11.8 Å². The second-order valence-corrected chi connectivity index (χ2v) is 17.1. The SMILES string of the molecule is CC(C)n1c(O[C@@H]2C[C@H]3C(=O)N[C@]4(C(=O)NS(=O)(=O)C5(C)CC5)C[C@@H]4/C=C\CCCCC[C@H](C)C(=O)N3C2)nc2c(Br)cccc21. The van der Waals surface area contributed by atoms with Gasteiger partial charge in [-0.05, 0) is 87.4 Å². The number of benzene rings is 1. The Morgan fingerprint density at radius 2 is 1.96 bits per heavy atom. The van der Waals surface area contributed by atoms with E-state index in [2.05, 4.69) is 26.0 Å². The van der Waals surface area contributed by atoms with E-state index in [0.717, 1.165) is 41.2 Å². The first-order valence-electron chi connectivity index (χ1n) is 16.5. The summed E-state index contributed by atoms with van der Waals surface area (Å²) < 4.78 is 36.7. The Bertz CT molecular complexity index is 1680. The summed E-state index contributed by atoms with van der Waals surface area (Å²) in [5, 5.41) is 2.94. The normalized spacial score (nSPS) is 30.5. The van der Waals surface area contributed by atoms with Crippen molar-refractivity contribution in [1.29, 1.82) is 0 Å². The Morgan fingerprint density at radius 3 is 2.67 bits per heavy atom. The molecule has 1 saturated heterocycles. The van der Waals surface area contributed by atoms with Crippen LogP contribution < -0.4 is 14.8 Å². The number of imidazole rings is 1. The number of ether oxygens (including phenoxy) is 1. The highest BCUT2D eigenvalue weighted by Gasteiger charge is 2.63. The van der Waals surface area contributed by atoms with E-state index in [4.69, 9.17) is 9.72 Å². The Labute approximate surface area is 279 Å². The summed E-state index contributed by atoms with van der Waals surface area (Å²) >= 11 is 3.59. The maximum absolute atomic E-state index is 14.1. The monoisotopic (exact) mass is 717 g/mol. The molecule has 0 unspecified atom stereocenters. The van der Waals surface area contributed by atoms with Crippen LogP contribution in [0.4, 0.5) is 0 Å². The Hall–Kier alpha value is -2.93. The van der Waals surface area contributed by atoms with E-state index < -0.39 is 44.3 Å². The Kier molecular flexibility index (Phi) is 8.79. The molecule has 6 rings (SSSR count). The molecule has 1 aromatic carbocycles. The maximum atomic E-state index is 14.1. The van der Waals surface area contributed by atoms with Gasteiger partial charge in [-0.3, -0.25) is 23.7 Å². The molecule has 250 valence electrons. The predicted molar refractivity (Wildman–Crippen MR) is 177 cm³/mol. The summed E-state index contributed by atoms with van der Waals surface area (Å²) in [4.78, 5) is 48.0. The molecule has 11 nitrogen and oxygen atoms in total. The van der Waals surface area contributed by atoms with E-state index in [1.807, 2.05) is 55.7 Å². The molecule has 46 heavy (non-hydrogen) atoms. The van der Waals surface area contributed by atoms with Crippen LogP contribution in [0.3, 0.4) is 0 Å². The van der Waals surface area contributed by atoms with Crippen LogP contribution in [0.15, 0.2) is 34.8 Å². The van der Waals surface area contributed by atoms with Crippen molar-refractivity contribution in [2.24, 2.45) is 11.8 Å². The minimum Gasteiger partial charge on any atom is -0.459 e. The van der Waals surface area contributed by atoms with Gasteiger partial charge in [0, 0.05) is 28.8 Å². The average Bonchev–Trinajstić information content (AvgIpc) is 3.81. The molecule has 3 heterocycles. The van der Waals surface area contributed by atoms with Gasteiger partial charge in [-0.15, -0.1) is 0 Å². The van der Waals surface area contributed by atoms with Crippen LogP contribution >= 0.6 is 15.9 Å². The van der Waals surface area contributed by atoms with E-state index in [-0.39, 0.29) is 43.2 Å².